The van der Waals surface area contributed by atoms with E-state index in [9.17, 15) is 9.18 Å². The zero-order chi connectivity index (χ0) is 19.9. The maximum atomic E-state index is 13.9. The molecule has 1 N–H and O–H groups in total. The highest BCUT2D eigenvalue weighted by atomic mass is 19.1. The van der Waals surface area contributed by atoms with Gasteiger partial charge in [-0.05, 0) is 35.0 Å². The largest absolute Gasteiger partial charge is 0.480 e. The molecule has 0 unspecified atom stereocenters. The van der Waals surface area contributed by atoms with E-state index in [1.54, 1.807) is 6.07 Å². The van der Waals surface area contributed by atoms with E-state index >= 15 is 0 Å². The number of halogens is 1. The Kier molecular flexibility index (Phi) is 5.64. The first-order valence-electron chi connectivity index (χ1n) is 8.25. The van der Waals surface area contributed by atoms with Crippen LogP contribution in [0.3, 0.4) is 0 Å². The van der Waals surface area contributed by atoms with Crippen LogP contribution in [-0.2, 0) is 0 Å². The van der Waals surface area contributed by atoms with Gasteiger partial charge in [-0.25, -0.2) is 9.82 Å². The van der Waals surface area contributed by atoms with Crippen molar-refractivity contribution in [3.05, 3.63) is 77.1 Å². The summed E-state index contributed by atoms with van der Waals surface area (Å²) in [6.45, 7) is 0.0853. The van der Waals surface area contributed by atoms with Gasteiger partial charge in [0.15, 0.2) is 0 Å². The minimum Gasteiger partial charge on any atom is -0.480 e. The first-order valence-corrected chi connectivity index (χ1v) is 8.25. The Bertz CT molecular complexity index is 1160. The first-order chi connectivity index (χ1) is 13.6. The number of terminal acetylenes is 1. The average molecular weight is 371 g/mol. The van der Waals surface area contributed by atoms with Crippen molar-refractivity contribution in [3.63, 3.8) is 0 Å². The molecule has 0 bridgehead atoms. The topological polar surface area (TPSA) is 74.5 Å². The normalized spacial score (nSPS) is 10.4. The van der Waals surface area contributed by atoms with Crippen LogP contribution in [-0.4, -0.2) is 18.7 Å². The molecular weight excluding hydrogens is 357 g/mol. The molecule has 3 aromatic carbocycles. The summed E-state index contributed by atoms with van der Waals surface area (Å²) >= 11 is 0. The maximum Gasteiger partial charge on any atom is 0.274 e. The highest BCUT2D eigenvalue weighted by Gasteiger charge is 2.12. The first kappa shape index (κ1) is 18.6. The second-order valence-electron chi connectivity index (χ2n) is 5.70. The molecule has 6 heteroatoms. The van der Waals surface area contributed by atoms with E-state index in [2.05, 4.69) is 16.4 Å². The molecule has 3 aromatic rings. The van der Waals surface area contributed by atoms with Crippen LogP contribution in [0, 0.1) is 29.5 Å². The van der Waals surface area contributed by atoms with Crippen molar-refractivity contribution in [2.45, 2.75) is 0 Å². The van der Waals surface area contributed by atoms with Crippen molar-refractivity contribution in [2.75, 3.05) is 6.61 Å². The Labute approximate surface area is 161 Å². The van der Waals surface area contributed by atoms with Crippen molar-refractivity contribution in [1.29, 1.82) is 5.26 Å². The number of hydrazone groups is 1. The smallest absolute Gasteiger partial charge is 0.274 e. The van der Waals surface area contributed by atoms with E-state index in [0.29, 0.717) is 11.3 Å². The van der Waals surface area contributed by atoms with Gasteiger partial charge >= 0.3 is 0 Å². The minimum absolute atomic E-state index is 0.0853. The fourth-order valence-electron chi connectivity index (χ4n) is 2.64. The zero-order valence-electron chi connectivity index (χ0n) is 14.6. The van der Waals surface area contributed by atoms with Gasteiger partial charge in [0.05, 0.1) is 23.4 Å². The van der Waals surface area contributed by atoms with Gasteiger partial charge in [-0.2, -0.15) is 10.4 Å². The van der Waals surface area contributed by atoms with Gasteiger partial charge in [-0.1, -0.05) is 36.3 Å². The number of fused-ring (bicyclic) bond motifs is 1. The lowest BCUT2D eigenvalue weighted by atomic mass is 10.0. The Morgan fingerprint density at radius 2 is 2.07 bits per heavy atom. The molecule has 0 saturated carbocycles. The Morgan fingerprint density at radius 3 is 2.82 bits per heavy atom. The Balaban J connectivity index is 1.87. The van der Waals surface area contributed by atoms with Gasteiger partial charge in [0.2, 0.25) is 0 Å². The molecular formula is C22H14FN3O2. The molecule has 0 atom stereocenters. The molecule has 28 heavy (non-hydrogen) atoms. The van der Waals surface area contributed by atoms with Crippen LogP contribution < -0.4 is 10.2 Å². The van der Waals surface area contributed by atoms with Crippen molar-refractivity contribution in [3.8, 4) is 24.2 Å². The quantitative estimate of drug-likeness (QED) is 0.423. The number of ether oxygens (including phenoxy) is 1. The summed E-state index contributed by atoms with van der Waals surface area (Å²) in [4.78, 5) is 12.2. The van der Waals surface area contributed by atoms with Gasteiger partial charge in [0.25, 0.3) is 5.91 Å². The van der Waals surface area contributed by atoms with Crippen LogP contribution in [0.15, 0.2) is 59.7 Å². The number of nitrogens with zero attached hydrogens (tertiary/aromatic N) is 2. The van der Waals surface area contributed by atoms with E-state index in [1.807, 2.05) is 36.4 Å². The molecule has 136 valence electrons. The van der Waals surface area contributed by atoms with Crippen LogP contribution in [0.4, 0.5) is 4.39 Å². The number of hydrogen-bond acceptors (Lipinski definition) is 4. The lowest BCUT2D eigenvalue weighted by molar-refractivity contribution is 0.0951. The summed E-state index contributed by atoms with van der Waals surface area (Å²) in [7, 11) is 0. The lowest BCUT2D eigenvalue weighted by Gasteiger charge is -2.10. The third-order valence-corrected chi connectivity index (χ3v) is 3.94. The third-order valence-electron chi connectivity index (χ3n) is 3.94. The summed E-state index contributed by atoms with van der Waals surface area (Å²) in [6.07, 6.45) is 6.68. The molecule has 1 amide bonds. The Morgan fingerprint density at radius 1 is 1.25 bits per heavy atom. The fourth-order valence-corrected chi connectivity index (χ4v) is 2.64. The molecule has 0 heterocycles. The van der Waals surface area contributed by atoms with Gasteiger partial charge in [-0.15, -0.1) is 6.42 Å². The van der Waals surface area contributed by atoms with Crippen LogP contribution in [0.1, 0.15) is 21.5 Å². The molecule has 0 aliphatic carbocycles. The van der Waals surface area contributed by atoms with Crippen LogP contribution in [0.2, 0.25) is 0 Å². The van der Waals surface area contributed by atoms with Gasteiger partial charge < -0.3 is 4.74 Å². The molecule has 5 nitrogen and oxygen atoms in total. The van der Waals surface area contributed by atoms with E-state index in [4.69, 9.17) is 16.4 Å². The van der Waals surface area contributed by atoms with Crippen LogP contribution >= 0.6 is 0 Å². The van der Waals surface area contributed by atoms with E-state index < -0.39 is 11.7 Å². The molecule has 0 aliphatic rings. The second kappa shape index (κ2) is 8.48. The number of benzene rings is 3. The summed E-state index contributed by atoms with van der Waals surface area (Å²) in [5, 5.41) is 14.5. The average Bonchev–Trinajstić information content (AvgIpc) is 2.72. The molecule has 0 fully saturated rings. The van der Waals surface area contributed by atoms with Crippen molar-refractivity contribution in [1.82, 2.24) is 5.43 Å². The third kappa shape index (κ3) is 3.98. The predicted molar refractivity (Wildman–Crippen MR) is 104 cm³/mol. The van der Waals surface area contributed by atoms with Crippen LogP contribution in [0.5, 0.6) is 5.75 Å². The van der Waals surface area contributed by atoms with Crippen LogP contribution in [0.25, 0.3) is 10.8 Å². The maximum absolute atomic E-state index is 13.9. The molecule has 0 aromatic heterocycles. The molecule has 0 spiro atoms. The highest BCUT2D eigenvalue weighted by Crippen LogP contribution is 2.26. The number of carbonyl (C=O) groups is 1. The number of carbonyl (C=O) groups excluding carboxylic acids is 1. The standard InChI is InChI=1S/C22H14FN3O2/c1-2-11-28-21-10-8-16-5-3-4-6-17(16)19(21)14-25-26-22(27)18-9-7-15(13-24)12-20(18)23/h1,3-10,12,14H,11H2,(H,26,27)/b25-14-. The number of hydrogen-bond donors (Lipinski definition) is 1. The number of nitrogens with one attached hydrogen (secondary N) is 1. The number of amides is 1. The number of nitriles is 1. The molecule has 0 aliphatic heterocycles. The van der Waals surface area contributed by atoms with Gasteiger partial charge in [-0.3, -0.25) is 4.79 Å². The monoisotopic (exact) mass is 371 g/mol. The second-order valence-corrected chi connectivity index (χ2v) is 5.70. The minimum atomic E-state index is -0.796. The van der Waals surface area contributed by atoms with Crippen molar-refractivity contribution < 1.29 is 13.9 Å². The lowest BCUT2D eigenvalue weighted by Crippen LogP contribution is -2.19. The van der Waals surface area contributed by atoms with Gasteiger partial charge in [0.1, 0.15) is 18.2 Å². The SMILES string of the molecule is C#CCOc1ccc2ccccc2c1/C=N\NC(=O)c1ccc(C#N)cc1F. The summed E-state index contributed by atoms with van der Waals surface area (Å²) in [6, 6.07) is 16.7. The molecule has 0 saturated heterocycles. The summed E-state index contributed by atoms with van der Waals surface area (Å²) in [5.74, 6) is 1.39. The van der Waals surface area contributed by atoms with Crippen molar-refractivity contribution in [2.24, 2.45) is 5.10 Å². The van der Waals surface area contributed by atoms with E-state index in [-0.39, 0.29) is 17.7 Å². The fraction of sp³-hybridized carbons (Fsp3) is 0.0455. The summed E-state index contributed by atoms with van der Waals surface area (Å²) in [5.41, 5.74) is 2.84. The van der Waals surface area contributed by atoms with E-state index in [1.165, 1.54) is 18.3 Å². The zero-order valence-corrected chi connectivity index (χ0v) is 14.6. The van der Waals surface area contributed by atoms with Gasteiger partial charge in [0, 0.05) is 5.56 Å². The predicted octanol–water partition coefficient (Wildman–Crippen LogP) is 3.63. The number of rotatable bonds is 5. The van der Waals surface area contributed by atoms with Crippen molar-refractivity contribution >= 4 is 22.9 Å². The molecule has 0 radical (unpaired) electrons. The summed E-state index contributed by atoms with van der Waals surface area (Å²) < 4.78 is 19.5. The molecule has 3 rings (SSSR count). The highest BCUT2D eigenvalue weighted by molar-refractivity contribution is 6.03. The van der Waals surface area contributed by atoms with E-state index in [0.717, 1.165) is 16.8 Å². The Hall–Kier alpha value is -4.16.